The summed E-state index contributed by atoms with van der Waals surface area (Å²) >= 11 is 1.45. The molecular formula is C63H98N18O13S. The van der Waals surface area contributed by atoms with E-state index in [1.54, 1.807) is 60.7 Å². The maximum atomic E-state index is 14.7. The van der Waals surface area contributed by atoms with Crippen LogP contribution in [0.4, 0.5) is 0 Å². The zero-order valence-electron chi connectivity index (χ0n) is 54.5. The van der Waals surface area contributed by atoms with Gasteiger partial charge in [-0.25, -0.2) is 0 Å². The first-order valence-electron chi connectivity index (χ1n) is 32.2. The standard InChI is InChI=1S/C63H98N18O13S/c1-37(2)33-45(57(89)74-41(53(68)85)27-32-95-3)73-52(84)36-72-54(86)46(34-38-15-6-4-7-16-38)78-58(90)47(35-39-17-8-5-9-18-39)79-56(88)42(23-25-50(66)82)75-55(87)43(24-26-51(67)83)76-59(91)49-22-14-31-81(49)62(94)44(20-10-11-28-64)77-60(92)48-21-13-30-80(48)61(93)40(65)19-12-29-71-63(69)70/h4-9,15-18,37,40-49H,10-14,19-36,64-65H2,1-3H3,(H2,66,82)(H2,67,83)(H2,68,85)(H,72,86)(H,73,84)(H,74,89)(H,75,87)(H,76,91)(H,77,92)(H,78,90)(H,79,88)(H4,69,70,71)/t40-,41-,42+,43-,44+,45+,46-,47-,48-,49-/m0/s1. The predicted molar refractivity (Wildman–Crippen MR) is 356 cm³/mol. The molecule has 2 aliphatic heterocycles. The fourth-order valence-electron chi connectivity index (χ4n) is 11.0. The lowest BCUT2D eigenvalue weighted by Crippen LogP contribution is -2.60. The van der Waals surface area contributed by atoms with Crippen molar-refractivity contribution in [2.75, 3.05) is 44.7 Å². The topological polar surface area (TPSA) is 519 Å². The number of carbonyl (C=O) groups excluding carboxylic acids is 13. The second-order valence-corrected chi connectivity index (χ2v) is 25.1. The number of likely N-dealkylation sites (tertiary alicyclic amines) is 2. The van der Waals surface area contributed by atoms with E-state index in [4.69, 9.17) is 40.1 Å². The lowest BCUT2D eigenvalue weighted by atomic mass is 10.0. The van der Waals surface area contributed by atoms with Crippen LogP contribution in [0.25, 0.3) is 0 Å². The summed E-state index contributed by atoms with van der Waals surface area (Å²) in [5.74, 6) is -9.80. The van der Waals surface area contributed by atoms with Crippen molar-refractivity contribution in [3.8, 4) is 0 Å². The lowest BCUT2D eigenvalue weighted by molar-refractivity contribution is -0.144. The molecule has 2 aromatic carbocycles. The number of carbonyl (C=O) groups is 13. The molecule has 2 fully saturated rings. The lowest BCUT2D eigenvalue weighted by Gasteiger charge is -2.32. The number of rotatable bonds is 42. The molecule has 22 N–H and O–H groups in total. The molecule has 0 saturated carbocycles. The minimum atomic E-state index is -1.64. The predicted octanol–water partition coefficient (Wildman–Crippen LogP) is -3.71. The first-order valence-corrected chi connectivity index (χ1v) is 33.6. The highest BCUT2D eigenvalue weighted by Gasteiger charge is 2.42. The van der Waals surface area contributed by atoms with Crippen molar-refractivity contribution in [2.45, 2.75) is 183 Å². The van der Waals surface area contributed by atoms with Crippen LogP contribution in [0.5, 0.6) is 0 Å². The quantitative estimate of drug-likeness (QED) is 0.0173. The van der Waals surface area contributed by atoms with Crippen molar-refractivity contribution in [3.63, 3.8) is 0 Å². The Morgan fingerprint density at radius 1 is 0.537 bits per heavy atom. The summed E-state index contributed by atoms with van der Waals surface area (Å²) in [6.45, 7) is 3.86. The average Bonchev–Trinajstić information content (AvgIpc) is 1.74. The van der Waals surface area contributed by atoms with Crippen LogP contribution in [-0.4, -0.2) is 198 Å². The Morgan fingerprint density at radius 2 is 1.01 bits per heavy atom. The van der Waals surface area contributed by atoms with Gasteiger partial charge in [-0.1, -0.05) is 74.5 Å². The number of benzene rings is 2. The maximum Gasteiger partial charge on any atom is 0.245 e. The Bertz CT molecular complexity index is 2960. The highest BCUT2D eigenvalue weighted by Crippen LogP contribution is 2.24. The van der Waals surface area contributed by atoms with E-state index in [0.29, 0.717) is 55.4 Å². The minimum Gasteiger partial charge on any atom is -0.370 e. The molecule has 524 valence electrons. The van der Waals surface area contributed by atoms with E-state index in [9.17, 15) is 62.3 Å². The van der Waals surface area contributed by atoms with Gasteiger partial charge in [0.2, 0.25) is 76.8 Å². The molecule has 0 spiro atoms. The summed E-state index contributed by atoms with van der Waals surface area (Å²) in [5, 5.41) is 21.1. The van der Waals surface area contributed by atoms with Crippen molar-refractivity contribution in [3.05, 3.63) is 71.8 Å². The van der Waals surface area contributed by atoms with Crippen molar-refractivity contribution in [1.29, 1.82) is 0 Å². The fourth-order valence-corrected chi connectivity index (χ4v) is 11.5. The van der Waals surface area contributed by atoms with Crippen LogP contribution < -0.4 is 82.7 Å². The summed E-state index contributed by atoms with van der Waals surface area (Å²) in [7, 11) is 0. The molecule has 95 heavy (non-hydrogen) atoms. The third-order valence-electron chi connectivity index (χ3n) is 16.0. The van der Waals surface area contributed by atoms with Crippen molar-refractivity contribution >= 4 is 94.5 Å². The Balaban J connectivity index is 1.56. The van der Waals surface area contributed by atoms with Gasteiger partial charge in [0.25, 0.3) is 0 Å². The van der Waals surface area contributed by atoms with Gasteiger partial charge in [-0.2, -0.15) is 11.8 Å². The van der Waals surface area contributed by atoms with Gasteiger partial charge in [0, 0.05) is 45.3 Å². The smallest absolute Gasteiger partial charge is 0.245 e. The summed E-state index contributed by atoms with van der Waals surface area (Å²) in [5.41, 5.74) is 40.6. The Kier molecular flexibility index (Phi) is 33.9. The molecule has 13 amide bonds. The second kappa shape index (κ2) is 41.0. The number of nitrogens with two attached hydrogens (primary N) is 7. The summed E-state index contributed by atoms with van der Waals surface area (Å²) < 4.78 is 0. The first kappa shape index (κ1) is 78.5. The highest BCUT2D eigenvalue weighted by atomic mass is 32.2. The third-order valence-corrected chi connectivity index (χ3v) is 16.7. The molecule has 2 saturated heterocycles. The Morgan fingerprint density at radius 3 is 1.51 bits per heavy atom. The normalized spacial score (nSPS) is 16.8. The molecule has 0 unspecified atom stereocenters. The molecular weight excluding hydrogens is 1250 g/mol. The van der Waals surface area contributed by atoms with Gasteiger partial charge in [0.15, 0.2) is 5.96 Å². The second-order valence-electron chi connectivity index (χ2n) is 24.1. The monoisotopic (exact) mass is 1350 g/mol. The molecule has 4 rings (SSSR count). The number of aliphatic imine (C=N–C) groups is 1. The van der Waals surface area contributed by atoms with Gasteiger partial charge in [-0.3, -0.25) is 67.3 Å². The minimum absolute atomic E-state index is 0.0736. The molecule has 0 radical (unpaired) electrons. The van der Waals surface area contributed by atoms with E-state index in [0.717, 1.165) is 0 Å². The summed E-state index contributed by atoms with van der Waals surface area (Å²) in [6, 6.07) is 4.51. The van der Waals surface area contributed by atoms with Crippen LogP contribution in [0, 0.1) is 5.92 Å². The third kappa shape index (κ3) is 27.5. The van der Waals surface area contributed by atoms with Crippen LogP contribution in [0.15, 0.2) is 65.7 Å². The number of thioether (sulfide) groups is 1. The van der Waals surface area contributed by atoms with Crippen LogP contribution >= 0.6 is 11.8 Å². The number of hydrogen-bond donors (Lipinski definition) is 15. The van der Waals surface area contributed by atoms with E-state index < -0.39 is 169 Å². The number of nitrogens with one attached hydrogen (secondary N) is 8. The van der Waals surface area contributed by atoms with Crippen LogP contribution in [-0.2, 0) is 75.2 Å². The number of unbranched alkanes of at least 4 members (excludes halogenated alkanes) is 1. The first-order chi connectivity index (χ1) is 45.2. The van der Waals surface area contributed by atoms with Gasteiger partial charge in [-0.15, -0.1) is 0 Å². The SMILES string of the molecule is CSCC[C@H](NC(=O)[C@@H](CC(C)C)NC(=O)CNC(=O)[C@H](Cc1ccccc1)NC(=O)[C@H](Cc1ccccc1)NC(=O)[C@@H](CCC(N)=O)NC(=O)[C@H](CCC(N)=O)NC(=O)[C@@H]1CCCN1C(=O)[C@@H](CCCCN)NC(=O)[C@@H]1CCCN1C(=O)[C@@H](N)CCCN=C(N)N)C(N)=O. The van der Waals surface area contributed by atoms with Crippen molar-refractivity contribution in [1.82, 2.24) is 52.3 Å². The molecule has 31 nitrogen and oxygen atoms in total. The molecule has 0 aromatic heterocycles. The maximum absolute atomic E-state index is 14.7. The number of primary amides is 3. The highest BCUT2D eigenvalue weighted by molar-refractivity contribution is 7.98. The molecule has 0 bridgehead atoms. The Labute approximate surface area is 558 Å². The van der Waals surface area contributed by atoms with E-state index in [1.807, 2.05) is 20.1 Å². The van der Waals surface area contributed by atoms with E-state index in [2.05, 4.69) is 47.5 Å². The summed E-state index contributed by atoms with van der Waals surface area (Å²) in [4.78, 5) is 185. The number of nitrogens with zero attached hydrogens (tertiary/aromatic N) is 3. The molecule has 32 heteroatoms. The van der Waals surface area contributed by atoms with Crippen molar-refractivity contribution < 1.29 is 62.3 Å². The zero-order chi connectivity index (χ0) is 70.1. The van der Waals surface area contributed by atoms with E-state index >= 15 is 0 Å². The summed E-state index contributed by atoms with van der Waals surface area (Å²) in [6.07, 6.45) is 3.12. The molecule has 10 atom stereocenters. The molecule has 2 heterocycles. The number of hydrogen-bond acceptors (Lipinski definition) is 17. The number of guanidine groups is 1. The van der Waals surface area contributed by atoms with Gasteiger partial charge in [0.05, 0.1) is 12.6 Å². The van der Waals surface area contributed by atoms with Crippen LogP contribution in [0.1, 0.15) is 121 Å². The average molecular weight is 1350 g/mol. The molecule has 0 aliphatic carbocycles. The van der Waals surface area contributed by atoms with E-state index in [-0.39, 0.29) is 83.0 Å². The van der Waals surface area contributed by atoms with Gasteiger partial charge >= 0.3 is 0 Å². The van der Waals surface area contributed by atoms with Gasteiger partial charge in [-0.05, 0) is 119 Å². The van der Waals surface area contributed by atoms with Gasteiger partial charge < -0.3 is 92.5 Å². The van der Waals surface area contributed by atoms with Gasteiger partial charge in [0.1, 0.15) is 54.4 Å². The fraction of sp³-hybridized carbons (Fsp3) is 0.587. The van der Waals surface area contributed by atoms with E-state index in [1.165, 1.54) is 21.6 Å². The Hall–Kier alpha value is -8.91. The number of amides is 13. The molecule has 2 aromatic rings. The van der Waals surface area contributed by atoms with Crippen LogP contribution in [0.2, 0.25) is 0 Å². The van der Waals surface area contributed by atoms with Crippen LogP contribution in [0.3, 0.4) is 0 Å². The zero-order valence-corrected chi connectivity index (χ0v) is 55.3. The molecule has 2 aliphatic rings. The largest absolute Gasteiger partial charge is 0.370 e. The van der Waals surface area contributed by atoms with Crippen molar-refractivity contribution in [2.24, 2.45) is 51.0 Å².